The maximum absolute atomic E-state index is 11.4. The molecule has 0 unspecified atom stereocenters. The minimum absolute atomic E-state index is 0.252. The molecule has 0 spiro atoms. The molecule has 21 heavy (non-hydrogen) atoms. The van der Waals surface area contributed by atoms with Crippen molar-refractivity contribution in [2.75, 3.05) is 12.3 Å². The van der Waals surface area contributed by atoms with E-state index in [0.29, 0.717) is 29.3 Å². The van der Waals surface area contributed by atoms with E-state index >= 15 is 0 Å². The molecule has 0 saturated heterocycles. The molecular weight excluding hydrogens is 288 g/mol. The Balaban J connectivity index is 2.45. The summed E-state index contributed by atoms with van der Waals surface area (Å²) in [6.45, 7) is 4.45. The largest absolute Gasteiger partial charge is 0.492 e. The Bertz CT molecular complexity index is 652. The van der Waals surface area contributed by atoms with E-state index in [1.165, 1.54) is 11.3 Å². The van der Waals surface area contributed by atoms with Gasteiger partial charge in [0.2, 0.25) is 0 Å². The van der Waals surface area contributed by atoms with Crippen molar-refractivity contribution in [2.45, 2.75) is 26.7 Å². The maximum Gasteiger partial charge on any atom is 0.348 e. The van der Waals surface area contributed by atoms with E-state index in [2.05, 4.69) is 4.98 Å². The van der Waals surface area contributed by atoms with Crippen LogP contribution in [0.25, 0.3) is 11.3 Å². The number of ether oxygens (including phenoxy) is 1. The normalized spacial score (nSPS) is 10.6. The molecule has 0 aliphatic carbocycles. The first-order valence-electron chi connectivity index (χ1n) is 6.82. The lowest BCUT2D eigenvalue weighted by molar-refractivity contribution is 0.0702. The van der Waals surface area contributed by atoms with Gasteiger partial charge in [0.1, 0.15) is 10.6 Å². The van der Waals surface area contributed by atoms with E-state index in [4.69, 9.17) is 10.5 Å². The third kappa shape index (κ3) is 3.33. The van der Waals surface area contributed by atoms with E-state index < -0.39 is 5.97 Å². The Labute approximate surface area is 127 Å². The number of carboxylic acid groups (broad SMARTS) is 1. The molecule has 0 bridgehead atoms. The number of aryl methyl sites for hydroxylation is 1. The Morgan fingerprint density at radius 3 is 2.76 bits per heavy atom. The van der Waals surface area contributed by atoms with Crippen LogP contribution in [0.3, 0.4) is 0 Å². The molecule has 0 amide bonds. The molecule has 0 radical (unpaired) electrons. The lowest BCUT2D eigenvalue weighted by atomic mass is 10.1. The molecular formula is C15H18N2O3S. The highest BCUT2D eigenvalue weighted by Crippen LogP contribution is 2.33. The van der Waals surface area contributed by atoms with Crippen molar-refractivity contribution in [1.82, 2.24) is 4.98 Å². The first kappa shape index (κ1) is 15.3. The standard InChI is InChI=1S/C15H18N2O3S/c1-3-5-12-17-13(14(21-12)15(18)19)9-6-7-11(20-4-2)10(16)8-9/h6-8H,3-5,16H2,1-2H3,(H,18,19). The second-order valence-corrected chi connectivity index (χ2v) is 5.61. The van der Waals surface area contributed by atoms with Crippen LogP contribution in [-0.4, -0.2) is 22.7 Å². The second-order valence-electron chi connectivity index (χ2n) is 4.53. The van der Waals surface area contributed by atoms with Gasteiger partial charge in [-0.2, -0.15) is 0 Å². The van der Waals surface area contributed by atoms with Gasteiger partial charge >= 0.3 is 5.97 Å². The number of benzene rings is 1. The topological polar surface area (TPSA) is 85.4 Å². The predicted molar refractivity (Wildman–Crippen MR) is 84.1 cm³/mol. The van der Waals surface area contributed by atoms with Gasteiger partial charge in [-0.15, -0.1) is 11.3 Å². The highest BCUT2D eigenvalue weighted by atomic mass is 32.1. The first-order chi connectivity index (χ1) is 10.1. The number of hydrogen-bond acceptors (Lipinski definition) is 5. The smallest absolute Gasteiger partial charge is 0.348 e. The molecule has 2 rings (SSSR count). The molecule has 0 aliphatic heterocycles. The van der Waals surface area contributed by atoms with Crippen molar-refractivity contribution in [3.8, 4) is 17.0 Å². The number of nitrogens with zero attached hydrogens (tertiary/aromatic N) is 1. The van der Waals surface area contributed by atoms with Crippen LogP contribution < -0.4 is 10.5 Å². The Morgan fingerprint density at radius 2 is 2.19 bits per heavy atom. The number of hydrogen-bond donors (Lipinski definition) is 2. The molecule has 5 nitrogen and oxygen atoms in total. The Hall–Kier alpha value is -2.08. The second kappa shape index (κ2) is 6.58. The third-order valence-electron chi connectivity index (χ3n) is 2.91. The van der Waals surface area contributed by atoms with Crippen molar-refractivity contribution in [3.63, 3.8) is 0 Å². The average Bonchev–Trinajstić information content (AvgIpc) is 2.86. The summed E-state index contributed by atoms with van der Waals surface area (Å²) in [5.41, 5.74) is 7.60. The number of aromatic carboxylic acids is 1. The van der Waals surface area contributed by atoms with Crippen LogP contribution in [0.2, 0.25) is 0 Å². The van der Waals surface area contributed by atoms with Crippen LogP contribution in [0.5, 0.6) is 5.75 Å². The summed E-state index contributed by atoms with van der Waals surface area (Å²) >= 11 is 1.22. The van der Waals surface area contributed by atoms with Crippen LogP contribution in [0.4, 0.5) is 5.69 Å². The molecule has 0 aliphatic rings. The minimum atomic E-state index is -0.961. The van der Waals surface area contributed by atoms with Gasteiger partial charge < -0.3 is 15.6 Å². The van der Waals surface area contributed by atoms with Gasteiger partial charge in [0, 0.05) is 5.56 Å². The summed E-state index contributed by atoms with van der Waals surface area (Å²) in [6.07, 6.45) is 1.70. The highest BCUT2D eigenvalue weighted by molar-refractivity contribution is 7.14. The number of thiazole rings is 1. The van der Waals surface area contributed by atoms with Gasteiger partial charge in [-0.3, -0.25) is 0 Å². The fourth-order valence-electron chi connectivity index (χ4n) is 2.01. The predicted octanol–water partition coefficient (Wildman–Crippen LogP) is 3.44. The van der Waals surface area contributed by atoms with Crippen LogP contribution in [-0.2, 0) is 6.42 Å². The number of anilines is 1. The van der Waals surface area contributed by atoms with E-state index in [1.54, 1.807) is 18.2 Å². The van der Waals surface area contributed by atoms with Gasteiger partial charge in [-0.1, -0.05) is 6.92 Å². The van der Waals surface area contributed by atoms with Gasteiger partial charge in [-0.25, -0.2) is 9.78 Å². The Morgan fingerprint density at radius 1 is 1.43 bits per heavy atom. The summed E-state index contributed by atoms with van der Waals surface area (Å²) in [5, 5.41) is 10.2. The number of nitrogens with two attached hydrogens (primary N) is 1. The van der Waals surface area contributed by atoms with Crippen molar-refractivity contribution >= 4 is 23.0 Å². The summed E-state index contributed by atoms with van der Waals surface area (Å²) in [6, 6.07) is 5.25. The fraction of sp³-hybridized carbons (Fsp3) is 0.333. The fourth-order valence-corrected chi connectivity index (χ4v) is 3.03. The van der Waals surface area contributed by atoms with Crippen LogP contribution in [0.15, 0.2) is 18.2 Å². The third-order valence-corrected chi connectivity index (χ3v) is 4.02. The number of nitrogen functional groups attached to an aromatic ring is 1. The lowest BCUT2D eigenvalue weighted by Gasteiger charge is -2.08. The summed E-state index contributed by atoms with van der Waals surface area (Å²) in [7, 11) is 0. The quantitative estimate of drug-likeness (QED) is 0.798. The average molecular weight is 306 g/mol. The molecule has 1 heterocycles. The van der Waals surface area contributed by atoms with Gasteiger partial charge in [-0.05, 0) is 38.0 Å². The maximum atomic E-state index is 11.4. The zero-order chi connectivity index (χ0) is 15.4. The van der Waals surface area contributed by atoms with Crippen LogP contribution in [0.1, 0.15) is 34.9 Å². The van der Waals surface area contributed by atoms with Crippen molar-refractivity contribution < 1.29 is 14.6 Å². The van der Waals surface area contributed by atoms with Gasteiger partial charge in [0.05, 0.1) is 23.0 Å². The Kier molecular flexibility index (Phi) is 4.80. The molecule has 112 valence electrons. The zero-order valence-electron chi connectivity index (χ0n) is 12.0. The minimum Gasteiger partial charge on any atom is -0.492 e. The number of rotatable bonds is 6. The molecule has 0 saturated carbocycles. The van der Waals surface area contributed by atoms with E-state index in [-0.39, 0.29) is 4.88 Å². The molecule has 2 aromatic rings. The van der Waals surface area contributed by atoms with Crippen LogP contribution >= 0.6 is 11.3 Å². The summed E-state index contributed by atoms with van der Waals surface area (Å²) in [5.74, 6) is -0.362. The molecule has 0 fully saturated rings. The summed E-state index contributed by atoms with van der Waals surface area (Å²) in [4.78, 5) is 16.1. The van der Waals surface area contributed by atoms with Gasteiger partial charge in [0.25, 0.3) is 0 Å². The highest BCUT2D eigenvalue weighted by Gasteiger charge is 2.19. The van der Waals surface area contributed by atoms with Crippen LogP contribution in [0, 0.1) is 0 Å². The van der Waals surface area contributed by atoms with Crippen molar-refractivity contribution in [2.24, 2.45) is 0 Å². The molecule has 1 aromatic carbocycles. The first-order valence-corrected chi connectivity index (χ1v) is 7.64. The van der Waals surface area contributed by atoms with Gasteiger partial charge in [0.15, 0.2) is 0 Å². The molecule has 3 N–H and O–H groups in total. The molecule has 1 aromatic heterocycles. The van der Waals surface area contributed by atoms with Crippen molar-refractivity contribution in [3.05, 3.63) is 28.1 Å². The molecule has 0 atom stereocenters. The lowest BCUT2D eigenvalue weighted by Crippen LogP contribution is -1.99. The summed E-state index contributed by atoms with van der Waals surface area (Å²) < 4.78 is 5.39. The van der Waals surface area contributed by atoms with E-state index in [0.717, 1.165) is 17.8 Å². The van der Waals surface area contributed by atoms with E-state index in [9.17, 15) is 9.90 Å². The van der Waals surface area contributed by atoms with Crippen molar-refractivity contribution in [1.29, 1.82) is 0 Å². The number of carbonyl (C=O) groups is 1. The number of carboxylic acids is 1. The number of aromatic nitrogens is 1. The SMILES string of the molecule is CCCc1nc(-c2ccc(OCC)c(N)c2)c(C(=O)O)s1. The monoisotopic (exact) mass is 306 g/mol. The zero-order valence-corrected chi connectivity index (χ0v) is 12.9. The van der Waals surface area contributed by atoms with E-state index in [1.807, 2.05) is 13.8 Å². The molecule has 6 heteroatoms.